The van der Waals surface area contributed by atoms with Crippen LogP contribution in [0, 0.1) is 20.8 Å². The third-order valence-corrected chi connectivity index (χ3v) is 5.62. The molecule has 0 fully saturated rings. The topological polar surface area (TPSA) is 119 Å². The van der Waals surface area contributed by atoms with Crippen LogP contribution < -0.4 is 15.2 Å². The van der Waals surface area contributed by atoms with Gasteiger partial charge in [0.15, 0.2) is 17.3 Å². The second-order valence-electron chi connectivity index (χ2n) is 7.49. The maximum absolute atomic E-state index is 13.4. The quantitative estimate of drug-likeness (QED) is 0.324. The van der Waals surface area contributed by atoms with E-state index in [1.807, 2.05) is 32.9 Å². The molecule has 7 nitrogen and oxygen atoms in total. The largest absolute Gasteiger partial charge is 0.395 e. The molecule has 4 N–H and O–H groups in total. The number of fused-ring (bicyclic) bond motifs is 2. The molecule has 3 aromatic carbocycles. The van der Waals surface area contributed by atoms with Gasteiger partial charge in [-0.25, -0.2) is 0 Å². The van der Waals surface area contributed by atoms with Crippen LogP contribution in [0.15, 0.2) is 42.5 Å². The van der Waals surface area contributed by atoms with E-state index in [1.165, 1.54) is 6.07 Å². The monoisotopic (exact) mass is 436 g/mol. The van der Waals surface area contributed by atoms with Crippen molar-refractivity contribution in [2.24, 2.45) is 0 Å². The van der Waals surface area contributed by atoms with Crippen molar-refractivity contribution in [2.45, 2.75) is 20.8 Å². The number of aryl methyl sites for hydroxylation is 3. The van der Waals surface area contributed by atoms with Crippen molar-refractivity contribution in [3.63, 3.8) is 0 Å². The maximum atomic E-state index is 13.4. The van der Waals surface area contributed by atoms with Crippen LogP contribution in [-0.4, -0.2) is 20.3 Å². The second kappa shape index (κ2) is 7.64. The van der Waals surface area contributed by atoms with Gasteiger partial charge in [-0.05, 0) is 31.9 Å². The molecule has 1 aliphatic carbocycles. The molecule has 1 atom stereocenters. The van der Waals surface area contributed by atoms with E-state index in [2.05, 4.69) is 5.32 Å². The summed E-state index contributed by atoms with van der Waals surface area (Å²) in [7, 11) is 0. The highest BCUT2D eigenvalue weighted by Crippen LogP contribution is 2.42. The highest BCUT2D eigenvalue weighted by atomic mass is 32.2. The maximum Gasteiger partial charge on any atom is 0.357 e. The van der Waals surface area contributed by atoms with Crippen LogP contribution in [0.2, 0.25) is 0 Å². The zero-order valence-corrected chi connectivity index (χ0v) is 17.9. The minimum absolute atomic E-state index is 0.0448. The van der Waals surface area contributed by atoms with Crippen molar-refractivity contribution < 1.29 is 22.5 Å². The van der Waals surface area contributed by atoms with Crippen LogP contribution in [0.1, 0.15) is 48.5 Å². The number of carbonyl (C=O) groups is 2. The van der Waals surface area contributed by atoms with E-state index in [4.69, 9.17) is 9.92 Å². The molecule has 8 heteroatoms. The lowest BCUT2D eigenvalue weighted by atomic mass is 9.82. The van der Waals surface area contributed by atoms with Crippen molar-refractivity contribution in [1.29, 1.82) is 0 Å². The molecular formula is C23H20N2O5S. The molecule has 0 radical (unpaired) electrons. The Hall–Kier alpha value is -3.49. The zero-order chi connectivity index (χ0) is 22.4. The first-order chi connectivity index (χ1) is 14.7. The van der Waals surface area contributed by atoms with Crippen molar-refractivity contribution in [3.05, 3.63) is 81.4 Å². The van der Waals surface area contributed by atoms with E-state index < -0.39 is 17.1 Å². The van der Waals surface area contributed by atoms with E-state index in [1.54, 1.807) is 24.3 Å². The summed E-state index contributed by atoms with van der Waals surface area (Å²) in [4.78, 5) is 26.6. The molecule has 0 spiro atoms. The number of hydrogen-bond acceptors (Lipinski definition) is 6. The molecule has 1 unspecified atom stereocenters. The van der Waals surface area contributed by atoms with Gasteiger partial charge in [-0.2, -0.15) is 4.21 Å². The molecule has 158 valence electrons. The molecule has 31 heavy (non-hydrogen) atoms. The summed E-state index contributed by atoms with van der Waals surface area (Å²) in [5.41, 5.74) is 10.5. The van der Waals surface area contributed by atoms with Gasteiger partial charge in [0.2, 0.25) is 0 Å². The van der Waals surface area contributed by atoms with Crippen molar-refractivity contribution in [2.75, 3.05) is 11.1 Å². The number of rotatable bonds is 4. The molecule has 1 aliphatic rings. The van der Waals surface area contributed by atoms with Crippen LogP contribution in [-0.2, 0) is 11.4 Å². The molecule has 0 amide bonds. The minimum atomic E-state index is -2.66. The van der Waals surface area contributed by atoms with Gasteiger partial charge in [0.1, 0.15) is 0 Å². The summed E-state index contributed by atoms with van der Waals surface area (Å²) in [5, 5.41) is 3.23. The molecule has 0 bridgehead atoms. The summed E-state index contributed by atoms with van der Waals surface area (Å²) in [6, 6.07) is 11.8. The number of nitrogen functional groups attached to an aromatic ring is 1. The van der Waals surface area contributed by atoms with Crippen molar-refractivity contribution in [1.82, 2.24) is 0 Å². The number of carbonyl (C=O) groups excluding carboxylic acids is 2. The summed E-state index contributed by atoms with van der Waals surface area (Å²) in [5.74, 6) is -0.971. The van der Waals surface area contributed by atoms with E-state index in [9.17, 15) is 18.4 Å². The normalized spacial score (nSPS) is 13.4. The highest BCUT2D eigenvalue weighted by molar-refractivity contribution is 7.74. The molecule has 0 aliphatic heterocycles. The Labute approximate surface area is 181 Å². The fourth-order valence-corrected chi connectivity index (χ4v) is 4.34. The number of anilines is 3. The Morgan fingerprint density at radius 2 is 1.48 bits per heavy atom. The van der Waals surface area contributed by atoms with Crippen LogP contribution in [0.5, 0.6) is 5.75 Å². The van der Waals surface area contributed by atoms with Gasteiger partial charge in [0, 0.05) is 22.9 Å². The summed E-state index contributed by atoms with van der Waals surface area (Å²) in [6.45, 7) is 5.83. The third kappa shape index (κ3) is 3.49. The highest BCUT2D eigenvalue weighted by Gasteiger charge is 2.35. The van der Waals surface area contributed by atoms with Gasteiger partial charge in [0.05, 0.1) is 22.5 Å². The summed E-state index contributed by atoms with van der Waals surface area (Å²) in [6.07, 6.45) is 0. The van der Waals surface area contributed by atoms with Gasteiger partial charge < -0.3 is 15.2 Å². The Morgan fingerprint density at radius 3 is 2.03 bits per heavy atom. The first-order valence-electron chi connectivity index (χ1n) is 9.48. The summed E-state index contributed by atoms with van der Waals surface area (Å²) >= 11 is -2.66. The summed E-state index contributed by atoms with van der Waals surface area (Å²) < 4.78 is 25.5. The fraction of sp³-hybridized carbons (Fsp3) is 0.130. The first kappa shape index (κ1) is 20.8. The van der Waals surface area contributed by atoms with Gasteiger partial charge in [0.25, 0.3) is 0 Å². The van der Waals surface area contributed by atoms with Crippen molar-refractivity contribution in [3.8, 4) is 5.75 Å². The lowest BCUT2D eigenvalue weighted by Gasteiger charge is -2.24. The molecule has 0 saturated heterocycles. The number of hydrogen-bond donors (Lipinski definition) is 3. The zero-order valence-electron chi connectivity index (χ0n) is 17.1. The molecule has 3 aromatic rings. The van der Waals surface area contributed by atoms with E-state index in [0.29, 0.717) is 0 Å². The first-order valence-corrected chi connectivity index (χ1v) is 10.5. The van der Waals surface area contributed by atoms with Crippen LogP contribution in [0.25, 0.3) is 0 Å². The molecule has 0 heterocycles. The molecule has 0 aromatic heterocycles. The standard InChI is InChI=1S/C23H20N2O5S/c1-11-8-12(2)21(13(3)9-11)25-16-10-17(30-31(28)29)20(24)19-18(16)22(26)14-6-4-5-7-15(14)23(19)27/h4-10,25H,24H2,1-3H3,(H,28,29). The SMILES string of the molecule is Cc1cc(C)c(Nc2cc(OS(=O)O)c(N)c3c2C(=O)c2ccccc2C3=O)c(C)c1. The van der Waals surface area contributed by atoms with E-state index in [0.717, 1.165) is 22.4 Å². The van der Waals surface area contributed by atoms with Crippen LogP contribution >= 0.6 is 0 Å². The average Bonchev–Trinajstić information content (AvgIpc) is 2.70. The second-order valence-corrected chi connectivity index (χ2v) is 8.09. The lowest BCUT2D eigenvalue weighted by molar-refractivity contribution is 0.0980. The van der Waals surface area contributed by atoms with Crippen LogP contribution in [0.3, 0.4) is 0 Å². The number of nitrogens with two attached hydrogens (primary N) is 1. The molecular weight excluding hydrogens is 416 g/mol. The van der Waals surface area contributed by atoms with Crippen LogP contribution in [0.4, 0.5) is 17.1 Å². The Balaban J connectivity index is 1.99. The predicted molar refractivity (Wildman–Crippen MR) is 119 cm³/mol. The number of nitrogens with one attached hydrogen (secondary N) is 1. The number of ketones is 2. The van der Waals surface area contributed by atoms with Crippen molar-refractivity contribution >= 4 is 40.0 Å². The smallest absolute Gasteiger partial charge is 0.357 e. The lowest BCUT2D eigenvalue weighted by Crippen LogP contribution is -2.24. The van der Waals surface area contributed by atoms with Gasteiger partial charge in [-0.1, -0.05) is 42.0 Å². The van der Waals surface area contributed by atoms with E-state index in [-0.39, 0.29) is 45.2 Å². The Morgan fingerprint density at radius 1 is 0.935 bits per heavy atom. The predicted octanol–water partition coefficient (Wildman–Crippen LogP) is 4.23. The molecule has 4 rings (SSSR count). The van der Waals surface area contributed by atoms with E-state index >= 15 is 0 Å². The average molecular weight is 436 g/mol. The van der Waals surface area contributed by atoms with Gasteiger partial charge in [-0.3, -0.25) is 14.1 Å². The minimum Gasteiger partial charge on any atom is -0.395 e. The fourth-order valence-electron chi connectivity index (χ4n) is 4.05. The molecule has 0 saturated carbocycles. The van der Waals surface area contributed by atoms with Gasteiger partial charge in [-0.15, -0.1) is 0 Å². The third-order valence-electron chi connectivity index (χ3n) is 5.30. The number of benzene rings is 3. The Kier molecular flexibility index (Phi) is 5.12. The van der Waals surface area contributed by atoms with Gasteiger partial charge >= 0.3 is 11.4 Å². The Bertz CT molecular complexity index is 1280.